The number of rotatable bonds is 4. The molecule has 3 heterocycles. The summed E-state index contributed by atoms with van der Waals surface area (Å²) in [5.41, 5.74) is 1.24. The zero-order valence-electron chi connectivity index (χ0n) is 13.0. The van der Waals surface area contributed by atoms with Gasteiger partial charge in [0.2, 0.25) is 5.91 Å². The van der Waals surface area contributed by atoms with Crippen molar-refractivity contribution in [3.05, 3.63) is 22.4 Å². The van der Waals surface area contributed by atoms with Crippen LogP contribution in [-0.4, -0.2) is 60.5 Å². The minimum atomic E-state index is -2.62. The van der Waals surface area contributed by atoms with Gasteiger partial charge in [-0.2, -0.15) is 11.3 Å². The van der Waals surface area contributed by atoms with E-state index in [2.05, 4.69) is 16.3 Å². The van der Waals surface area contributed by atoms with Crippen LogP contribution in [0.2, 0.25) is 0 Å². The van der Waals surface area contributed by atoms with Crippen molar-refractivity contribution in [3.8, 4) is 0 Å². The Morgan fingerprint density at radius 1 is 1.35 bits per heavy atom. The highest BCUT2D eigenvalue weighted by Gasteiger charge is 2.36. The molecule has 2 fully saturated rings. The van der Waals surface area contributed by atoms with E-state index in [9.17, 15) is 13.6 Å². The molecule has 0 aromatic carbocycles. The van der Waals surface area contributed by atoms with Gasteiger partial charge in [0.25, 0.3) is 5.92 Å². The minimum Gasteiger partial charge on any atom is -0.378 e. The number of carbonyl (C=O) groups excluding carboxylic acids is 1. The van der Waals surface area contributed by atoms with E-state index in [-0.39, 0.29) is 37.9 Å². The van der Waals surface area contributed by atoms with Crippen LogP contribution in [-0.2, 0) is 16.1 Å². The zero-order valence-corrected chi connectivity index (χ0v) is 13.9. The van der Waals surface area contributed by atoms with E-state index < -0.39 is 5.92 Å². The first kappa shape index (κ1) is 16.8. The van der Waals surface area contributed by atoms with E-state index in [4.69, 9.17) is 4.74 Å². The van der Waals surface area contributed by atoms with Crippen LogP contribution < -0.4 is 0 Å². The van der Waals surface area contributed by atoms with Crippen LogP contribution in [0.1, 0.15) is 24.8 Å². The van der Waals surface area contributed by atoms with Crippen LogP contribution in [0, 0.1) is 0 Å². The highest BCUT2D eigenvalue weighted by molar-refractivity contribution is 7.07. The SMILES string of the molecule is O=C(C[C@H]1COCCN1Cc1ccsc1)N1CCC(F)(F)CC1. The highest BCUT2D eigenvalue weighted by atomic mass is 32.1. The number of thiophene rings is 1. The third-order valence-corrected chi connectivity index (χ3v) is 5.31. The molecule has 1 amide bonds. The smallest absolute Gasteiger partial charge is 0.251 e. The summed E-state index contributed by atoms with van der Waals surface area (Å²) in [6.45, 7) is 3.12. The molecule has 0 unspecified atom stereocenters. The van der Waals surface area contributed by atoms with Crippen LogP contribution in [0.5, 0.6) is 0 Å². The standard InChI is InChI=1S/C16H22F2N2O2S/c17-16(18)2-4-19(5-3-16)15(21)9-14-11-22-7-6-20(14)10-13-1-8-23-12-13/h1,8,12,14H,2-7,9-11H2/t14-/m0/s1. The van der Waals surface area contributed by atoms with Gasteiger partial charge in [-0.1, -0.05) is 0 Å². The molecule has 23 heavy (non-hydrogen) atoms. The van der Waals surface area contributed by atoms with Gasteiger partial charge in [-0.25, -0.2) is 8.78 Å². The lowest BCUT2D eigenvalue weighted by molar-refractivity contribution is -0.140. The number of piperidine rings is 1. The Kier molecular flexibility index (Phi) is 5.28. The minimum absolute atomic E-state index is 0.0265. The molecule has 7 heteroatoms. The van der Waals surface area contributed by atoms with Crippen LogP contribution in [0.4, 0.5) is 8.78 Å². The molecular formula is C16H22F2N2O2S. The Hall–Kier alpha value is -1.05. The van der Waals surface area contributed by atoms with Crippen molar-refractivity contribution in [2.45, 2.75) is 37.8 Å². The molecule has 0 aliphatic carbocycles. The molecular weight excluding hydrogens is 322 g/mol. The lowest BCUT2D eigenvalue weighted by atomic mass is 10.0. The Morgan fingerprint density at radius 3 is 2.83 bits per heavy atom. The Bertz CT molecular complexity index is 514. The molecule has 0 bridgehead atoms. The summed E-state index contributed by atoms with van der Waals surface area (Å²) < 4.78 is 31.9. The molecule has 3 rings (SSSR count). The summed E-state index contributed by atoms with van der Waals surface area (Å²) in [6.07, 6.45) is -0.104. The Morgan fingerprint density at radius 2 is 2.13 bits per heavy atom. The van der Waals surface area contributed by atoms with Gasteiger partial charge in [0.05, 0.1) is 13.2 Å². The molecule has 0 saturated carbocycles. The van der Waals surface area contributed by atoms with Crippen LogP contribution in [0.15, 0.2) is 16.8 Å². The summed E-state index contributed by atoms with van der Waals surface area (Å²) in [5, 5.41) is 4.16. The average Bonchev–Trinajstić information content (AvgIpc) is 3.02. The largest absolute Gasteiger partial charge is 0.378 e. The van der Waals surface area contributed by atoms with Gasteiger partial charge >= 0.3 is 0 Å². The number of amides is 1. The molecule has 2 aliphatic rings. The van der Waals surface area contributed by atoms with E-state index in [0.717, 1.165) is 13.1 Å². The van der Waals surface area contributed by atoms with Gasteiger partial charge in [-0.05, 0) is 22.4 Å². The number of likely N-dealkylation sites (tertiary alicyclic amines) is 1. The summed E-state index contributed by atoms with van der Waals surface area (Å²) in [7, 11) is 0. The first-order chi connectivity index (χ1) is 11.0. The molecule has 0 radical (unpaired) electrons. The number of hydrogen-bond donors (Lipinski definition) is 0. The predicted molar refractivity (Wildman–Crippen MR) is 84.7 cm³/mol. The van der Waals surface area contributed by atoms with Crippen LogP contribution in [0.25, 0.3) is 0 Å². The normalized spacial score (nSPS) is 25.5. The fourth-order valence-corrected chi connectivity index (χ4v) is 3.78. The van der Waals surface area contributed by atoms with E-state index in [1.165, 1.54) is 5.56 Å². The van der Waals surface area contributed by atoms with Crippen molar-refractivity contribution < 1.29 is 18.3 Å². The third kappa shape index (κ3) is 4.49. The summed E-state index contributed by atoms with van der Waals surface area (Å²) >= 11 is 1.66. The molecule has 128 valence electrons. The van der Waals surface area contributed by atoms with E-state index in [1.807, 2.05) is 5.38 Å². The van der Waals surface area contributed by atoms with Gasteiger partial charge in [0, 0.05) is 51.5 Å². The number of morpholine rings is 1. The van der Waals surface area contributed by atoms with Gasteiger partial charge in [0.15, 0.2) is 0 Å². The van der Waals surface area contributed by atoms with Gasteiger partial charge in [-0.15, -0.1) is 0 Å². The van der Waals surface area contributed by atoms with Crippen molar-refractivity contribution in [1.82, 2.24) is 9.80 Å². The maximum absolute atomic E-state index is 13.2. The molecule has 2 aliphatic heterocycles. The number of carbonyl (C=O) groups is 1. The Balaban J connectivity index is 1.55. The van der Waals surface area contributed by atoms with Crippen molar-refractivity contribution in [1.29, 1.82) is 0 Å². The van der Waals surface area contributed by atoms with Crippen molar-refractivity contribution >= 4 is 17.2 Å². The maximum Gasteiger partial charge on any atom is 0.251 e. The third-order valence-electron chi connectivity index (χ3n) is 4.57. The molecule has 0 spiro atoms. The number of halogens is 2. The van der Waals surface area contributed by atoms with Crippen molar-refractivity contribution in [2.75, 3.05) is 32.8 Å². The van der Waals surface area contributed by atoms with Crippen molar-refractivity contribution in [2.24, 2.45) is 0 Å². The quantitative estimate of drug-likeness (QED) is 0.842. The number of alkyl halides is 2. The molecule has 4 nitrogen and oxygen atoms in total. The maximum atomic E-state index is 13.2. The predicted octanol–water partition coefficient (Wildman–Crippen LogP) is 2.60. The van der Waals surface area contributed by atoms with Gasteiger partial charge in [-0.3, -0.25) is 9.69 Å². The number of nitrogens with zero attached hydrogens (tertiary/aromatic N) is 2. The molecule has 1 aromatic heterocycles. The number of hydrogen-bond acceptors (Lipinski definition) is 4. The second-order valence-electron chi connectivity index (χ2n) is 6.27. The fraction of sp³-hybridized carbons (Fsp3) is 0.688. The van der Waals surface area contributed by atoms with Crippen molar-refractivity contribution in [3.63, 3.8) is 0 Å². The Labute approximate surface area is 139 Å². The molecule has 1 aromatic rings. The lowest BCUT2D eigenvalue weighted by Crippen LogP contribution is -2.49. The van der Waals surface area contributed by atoms with Crippen LogP contribution in [0.3, 0.4) is 0 Å². The van der Waals surface area contributed by atoms with Crippen LogP contribution >= 0.6 is 11.3 Å². The summed E-state index contributed by atoms with van der Waals surface area (Å²) in [4.78, 5) is 16.3. The highest BCUT2D eigenvalue weighted by Crippen LogP contribution is 2.28. The zero-order chi connectivity index (χ0) is 16.3. The topological polar surface area (TPSA) is 32.8 Å². The second kappa shape index (κ2) is 7.23. The monoisotopic (exact) mass is 344 g/mol. The summed E-state index contributed by atoms with van der Waals surface area (Å²) in [5.74, 6) is -2.65. The van der Waals surface area contributed by atoms with Gasteiger partial charge in [0.1, 0.15) is 0 Å². The molecule has 1 atom stereocenters. The van der Waals surface area contributed by atoms with Gasteiger partial charge < -0.3 is 9.64 Å². The van der Waals surface area contributed by atoms with E-state index >= 15 is 0 Å². The molecule has 0 N–H and O–H groups in total. The van der Waals surface area contributed by atoms with E-state index in [0.29, 0.717) is 19.6 Å². The summed E-state index contributed by atoms with van der Waals surface area (Å²) in [6, 6.07) is 2.12. The fourth-order valence-electron chi connectivity index (χ4n) is 3.12. The van der Waals surface area contributed by atoms with E-state index in [1.54, 1.807) is 16.2 Å². The average molecular weight is 344 g/mol. The molecule has 2 saturated heterocycles. The number of ether oxygens (including phenoxy) is 1. The first-order valence-corrected chi connectivity index (χ1v) is 8.96. The second-order valence-corrected chi connectivity index (χ2v) is 7.05. The lowest BCUT2D eigenvalue weighted by Gasteiger charge is -2.37. The first-order valence-electron chi connectivity index (χ1n) is 8.02.